The van der Waals surface area contributed by atoms with Gasteiger partial charge in [0.25, 0.3) is 5.91 Å². The number of aryl methyl sites for hydroxylation is 2. The van der Waals surface area contributed by atoms with Crippen LogP contribution in [-0.2, 0) is 6.42 Å². The maximum Gasteiger partial charge on any atom is 0.412 e. The molecule has 2 fully saturated rings. The Kier molecular flexibility index (Phi) is 6.53. The Morgan fingerprint density at radius 1 is 1.21 bits per heavy atom. The highest BCUT2D eigenvalue weighted by Gasteiger charge is 2.56. The van der Waals surface area contributed by atoms with Gasteiger partial charge in [-0.2, -0.15) is 0 Å². The van der Waals surface area contributed by atoms with E-state index in [0.717, 1.165) is 26.6 Å². The molecule has 1 saturated heterocycles. The molecule has 39 heavy (non-hydrogen) atoms. The third-order valence-electron chi connectivity index (χ3n) is 7.86. The molecular formula is C29H29F2N3O4S. The number of hydrogen-bond donors (Lipinski definition) is 1. The van der Waals surface area contributed by atoms with E-state index in [4.69, 9.17) is 9.47 Å². The molecule has 10 heteroatoms. The first kappa shape index (κ1) is 25.7. The zero-order chi connectivity index (χ0) is 27.3. The lowest BCUT2D eigenvalue weighted by molar-refractivity contribution is -0.00608. The van der Waals surface area contributed by atoms with Gasteiger partial charge in [0.05, 0.1) is 22.5 Å². The van der Waals surface area contributed by atoms with Gasteiger partial charge in [-0.15, -0.1) is 11.3 Å². The summed E-state index contributed by atoms with van der Waals surface area (Å²) in [5.74, 6) is -2.76. The van der Waals surface area contributed by atoms with Crippen molar-refractivity contribution in [2.75, 3.05) is 19.7 Å². The Morgan fingerprint density at radius 2 is 2.03 bits per heavy atom. The van der Waals surface area contributed by atoms with Crippen molar-refractivity contribution in [2.45, 2.75) is 45.1 Å². The molecule has 3 heterocycles. The minimum atomic E-state index is -2.78. The van der Waals surface area contributed by atoms with Crippen molar-refractivity contribution in [3.63, 3.8) is 0 Å². The number of carbonyl (C=O) groups is 2. The molecule has 3 atom stereocenters. The molecule has 3 aliphatic rings. The van der Waals surface area contributed by atoms with Gasteiger partial charge < -0.3 is 19.7 Å². The summed E-state index contributed by atoms with van der Waals surface area (Å²) in [6.07, 6.45) is -0.633. The smallest absolute Gasteiger partial charge is 0.412 e. The standard InChI is InChI=1S/C29H29F2N3O4S/c1-16-5-3-6-18(11-16)26-25(33-17(2)39-26)27(35)34-15-19-12-29(30,31)13-21(19)22(34)14-32-28(36)38-24-8-4-7-23-20(24)9-10-37-23/h3-8,11,19,21-22H,9-10,12-15H2,1-2H3,(H,32,36)/t19-,21-,22+/m0/s1. The highest BCUT2D eigenvalue weighted by atomic mass is 32.1. The normalized spacial score (nSPS) is 22.8. The van der Waals surface area contributed by atoms with Crippen LogP contribution in [0, 0.1) is 25.7 Å². The number of rotatable bonds is 5. The summed E-state index contributed by atoms with van der Waals surface area (Å²) in [6.45, 7) is 4.57. The molecule has 0 spiro atoms. The van der Waals surface area contributed by atoms with E-state index in [0.29, 0.717) is 30.2 Å². The van der Waals surface area contributed by atoms with Crippen molar-refractivity contribution in [3.05, 3.63) is 64.3 Å². The first-order valence-corrected chi connectivity index (χ1v) is 13.9. The Morgan fingerprint density at radius 3 is 2.85 bits per heavy atom. The van der Waals surface area contributed by atoms with Crippen LogP contribution >= 0.6 is 11.3 Å². The van der Waals surface area contributed by atoms with Gasteiger partial charge >= 0.3 is 6.09 Å². The molecule has 2 aliphatic heterocycles. The number of amides is 2. The van der Waals surface area contributed by atoms with E-state index in [9.17, 15) is 18.4 Å². The van der Waals surface area contributed by atoms with Crippen LogP contribution in [0.5, 0.6) is 11.5 Å². The molecule has 7 nitrogen and oxygen atoms in total. The number of aromatic nitrogens is 1. The SMILES string of the molecule is Cc1cccc(-c2sc(C)nc2C(=O)N2C[C@@H]3CC(F)(F)C[C@@H]3[C@H]2CNC(=O)Oc2cccc3c2CCO3)c1. The van der Waals surface area contributed by atoms with E-state index in [-0.39, 0.29) is 37.8 Å². The number of hydrogen-bond acceptors (Lipinski definition) is 6. The average molecular weight is 554 g/mol. The maximum absolute atomic E-state index is 14.4. The Labute approximate surface area is 229 Å². The zero-order valence-corrected chi connectivity index (χ0v) is 22.5. The van der Waals surface area contributed by atoms with Crippen LogP contribution in [0.3, 0.4) is 0 Å². The topological polar surface area (TPSA) is 80.8 Å². The largest absolute Gasteiger partial charge is 0.493 e. The molecule has 1 aromatic heterocycles. The maximum atomic E-state index is 14.4. The summed E-state index contributed by atoms with van der Waals surface area (Å²) in [4.78, 5) is 33.7. The first-order chi connectivity index (χ1) is 18.7. The second kappa shape index (κ2) is 9.89. The van der Waals surface area contributed by atoms with Gasteiger partial charge in [-0.25, -0.2) is 18.6 Å². The van der Waals surface area contributed by atoms with Crippen molar-refractivity contribution in [3.8, 4) is 21.9 Å². The Hall–Kier alpha value is -3.53. The predicted octanol–water partition coefficient (Wildman–Crippen LogP) is 5.64. The number of alkyl halides is 2. The zero-order valence-electron chi connectivity index (χ0n) is 21.7. The molecule has 0 unspecified atom stereocenters. The monoisotopic (exact) mass is 553 g/mol. The molecular weight excluding hydrogens is 524 g/mol. The molecule has 2 aromatic carbocycles. The quantitative estimate of drug-likeness (QED) is 0.443. The van der Waals surface area contributed by atoms with Gasteiger partial charge in [0.1, 0.15) is 17.2 Å². The van der Waals surface area contributed by atoms with Gasteiger partial charge in [-0.3, -0.25) is 4.79 Å². The number of likely N-dealkylation sites (tertiary alicyclic amines) is 1. The molecule has 2 amide bonds. The first-order valence-electron chi connectivity index (χ1n) is 13.1. The van der Waals surface area contributed by atoms with Crippen LogP contribution in [0.2, 0.25) is 0 Å². The summed E-state index contributed by atoms with van der Waals surface area (Å²) in [5.41, 5.74) is 3.10. The predicted molar refractivity (Wildman–Crippen MR) is 143 cm³/mol. The second-order valence-electron chi connectivity index (χ2n) is 10.6. The van der Waals surface area contributed by atoms with Crippen LogP contribution < -0.4 is 14.8 Å². The molecule has 1 saturated carbocycles. The number of nitrogens with one attached hydrogen (secondary N) is 1. The highest BCUT2D eigenvalue weighted by Crippen LogP contribution is 2.50. The van der Waals surface area contributed by atoms with Crippen LogP contribution in [0.25, 0.3) is 10.4 Å². The minimum absolute atomic E-state index is 0.0102. The lowest BCUT2D eigenvalue weighted by Crippen LogP contribution is -2.47. The number of ether oxygens (including phenoxy) is 2. The van der Waals surface area contributed by atoms with E-state index in [2.05, 4.69) is 10.3 Å². The molecule has 3 aromatic rings. The van der Waals surface area contributed by atoms with Crippen molar-refractivity contribution >= 4 is 23.3 Å². The average Bonchev–Trinajstić information content (AvgIpc) is 3.65. The van der Waals surface area contributed by atoms with Crippen LogP contribution in [0.1, 0.15) is 39.5 Å². The second-order valence-corrected chi connectivity index (χ2v) is 11.8. The molecule has 1 N–H and O–H groups in total. The lowest BCUT2D eigenvalue weighted by Gasteiger charge is -2.28. The van der Waals surface area contributed by atoms with Gasteiger partial charge in [-0.1, -0.05) is 35.9 Å². The Balaban J connectivity index is 1.23. The van der Waals surface area contributed by atoms with E-state index in [1.165, 1.54) is 11.3 Å². The summed E-state index contributed by atoms with van der Waals surface area (Å²) >= 11 is 1.44. The van der Waals surface area contributed by atoms with Crippen molar-refractivity contribution in [1.29, 1.82) is 0 Å². The fourth-order valence-corrected chi connectivity index (χ4v) is 7.10. The molecule has 204 valence electrons. The molecule has 0 bridgehead atoms. The van der Waals surface area contributed by atoms with Crippen LogP contribution in [0.4, 0.5) is 13.6 Å². The third kappa shape index (κ3) is 4.97. The number of carbonyl (C=O) groups excluding carboxylic acids is 2. The number of halogens is 2. The summed E-state index contributed by atoms with van der Waals surface area (Å²) < 4.78 is 39.9. The van der Waals surface area contributed by atoms with Gasteiger partial charge in [0.15, 0.2) is 0 Å². The fourth-order valence-electron chi connectivity index (χ4n) is 6.19. The van der Waals surface area contributed by atoms with Crippen LogP contribution in [0.15, 0.2) is 42.5 Å². The van der Waals surface area contributed by atoms with Gasteiger partial charge in [-0.05, 0) is 43.4 Å². The van der Waals surface area contributed by atoms with E-state index in [1.54, 1.807) is 17.0 Å². The summed E-state index contributed by atoms with van der Waals surface area (Å²) in [6, 6.07) is 12.5. The van der Waals surface area contributed by atoms with E-state index in [1.807, 2.05) is 44.2 Å². The summed E-state index contributed by atoms with van der Waals surface area (Å²) in [7, 11) is 0. The van der Waals surface area contributed by atoms with Crippen molar-refractivity contribution in [1.82, 2.24) is 15.2 Å². The number of thiazole rings is 1. The number of nitrogens with zero attached hydrogens (tertiary/aromatic N) is 2. The van der Waals surface area contributed by atoms with Crippen molar-refractivity contribution in [2.24, 2.45) is 11.8 Å². The van der Waals surface area contributed by atoms with E-state index < -0.39 is 24.0 Å². The summed E-state index contributed by atoms with van der Waals surface area (Å²) in [5, 5.41) is 3.49. The fraction of sp³-hybridized carbons (Fsp3) is 0.414. The van der Waals surface area contributed by atoms with Crippen LogP contribution in [-0.4, -0.2) is 53.5 Å². The molecule has 6 rings (SSSR count). The molecule has 0 radical (unpaired) electrons. The van der Waals surface area contributed by atoms with E-state index >= 15 is 0 Å². The third-order valence-corrected chi connectivity index (χ3v) is 8.88. The van der Waals surface area contributed by atoms with Crippen molar-refractivity contribution < 1.29 is 27.8 Å². The van der Waals surface area contributed by atoms with Gasteiger partial charge in [0.2, 0.25) is 5.92 Å². The number of fused-ring (bicyclic) bond motifs is 2. The molecule has 1 aliphatic carbocycles. The Bertz CT molecular complexity index is 1440. The minimum Gasteiger partial charge on any atom is -0.493 e. The number of benzene rings is 2. The lowest BCUT2D eigenvalue weighted by atomic mass is 9.94. The highest BCUT2D eigenvalue weighted by molar-refractivity contribution is 7.15. The van der Waals surface area contributed by atoms with Gasteiger partial charge in [0, 0.05) is 37.9 Å².